The van der Waals surface area contributed by atoms with E-state index in [2.05, 4.69) is 118 Å². The zero-order valence-corrected chi connectivity index (χ0v) is 25.5. The highest BCUT2D eigenvalue weighted by Crippen LogP contribution is 2.62. The van der Waals surface area contributed by atoms with Crippen molar-refractivity contribution < 1.29 is 9.59 Å². The molecule has 0 heterocycles. The molecular weight excluding hydrogens is 512 g/mol. The number of benzene rings is 4. The summed E-state index contributed by atoms with van der Waals surface area (Å²) in [7, 11) is 0. The van der Waals surface area contributed by atoms with Crippen LogP contribution < -0.4 is 0 Å². The van der Waals surface area contributed by atoms with Crippen LogP contribution in [0.3, 0.4) is 0 Å². The number of carbonyl (C=O) groups excluding carboxylic acids is 2. The van der Waals surface area contributed by atoms with Crippen LogP contribution >= 0.6 is 0 Å². The number of hydrogen-bond acceptors (Lipinski definition) is 2. The highest BCUT2D eigenvalue weighted by atomic mass is 16.1. The molecule has 0 amide bonds. The summed E-state index contributed by atoms with van der Waals surface area (Å²) in [6, 6.07) is 35.3. The summed E-state index contributed by atoms with van der Waals surface area (Å²) in [6.45, 7) is 8.13. The zero-order valence-electron chi connectivity index (χ0n) is 25.5. The van der Waals surface area contributed by atoms with Crippen LogP contribution in [0.25, 0.3) is 22.3 Å². The summed E-state index contributed by atoms with van der Waals surface area (Å²) in [4.78, 5) is 26.6. The summed E-state index contributed by atoms with van der Waals surface area (Å²) in [5, 5.41) is 0. The molecule has 2 heteroatoms. The molecule has 0 bridgehead atoms. The number of ketones is 2. The minimum Gasteiger partial charge on any atom is -0.300 e. The van der Waals surface area contributed by atoms with Crippen molar-refractivity contribution in [1.29, 1.82) is 0 Å². The molecule has 0 aromatic heterocycles. The van der Waals surface area contributed by atoms with E-state index in [4.69, 9.17) is 0 Å². The molecule has 0 spiro atoms. The molecule has 0 aliphatic heterocycles. The quantitative estimate of drug-likeness (QED) is 0.185. The Kier molecular flexibility index (Phi) is 7.29. The van der Waals surface area contributed by atoms with Gasteiger partial charge in [-0.3, -0.25) is 4.79 Å². The molecule has 2 nitrogen and oxygen atoms in total. The first kappa shape index (κ1) is 28.3. The van der Waals surface area contributed by atoms with Crippen molar-refractivity contribution in [2.24, 2.45) is 5.41 Å². The number of fused-ring (bicyclic) bond motifs is 6. The van der Waals surface area contributed by atoms with Crippen LogP contribution in [0.1, 0.15) is 94.9 Å². The van der Waals surface area contributed by atoms with E-state index in [9.17, 15) is 9.59 Å². The second-order valence-corrected chi connectivity index (χ2v) is 12.9. The van der Waals surface area contributed by atoms with E-state index in [0.29, 0.717) is 18.6 Å². The van der Waals surface area contributed by atoms with Gasteiger partial charge < -0.3 is 4.79 Å². The number of hydrogen-bond donors (Lipinski definition) is 0. The van der Waals surface area contributed by atoms with Gasteiger partial charge in [0.15, 0.2) is 0 Å². The third kappa shape index (κ3) is 4.30. The van der Waals surface area contributed by atoms with Crippen molar-refractivity contribution >= 4 is 11.6 Å². The maximum atomic E-state index is 13.9. The molecule has 0 saturated carbocycles. The monoisotopic (exact) mass is 554 g/mol. The number of rotatable bonds is 11. The molecule has 0 fully saturated rings. The van der Waals surface area contributed by atoms with Crippen LogP contribution in [-0.4, -0.2) is 11.6 Å². The first-order valence-electron chi connectivity index (χ1n) is 15.7. The summed E-state index contributed by atoms with van der Waals surface area (Å²) in [5.41, 5.74) is 9.31. The number of Topliss-reactive ketones (excluding diaryl/α,β-unsaturated/α-hetero) is 2. The van der Waals surface area contributed by atoms with Crippen LogP contribution in [0.5, 0.6) is 0 Å². The van der Waals surface area contributed by atoms with Gasteiger partial charge in [-0.1, -0.05) is 118 Å². The van der Waals surface area contributed by atoms with Gasteiger partial charge in [-0.05, 0) is 83.5 Å². The Morgan fingerprint density at radius 2 is 0.905 bits per heavy atom. The molecule has 6 rings (SSSR count). The van der Waals surface area contributed by atoms with E-state index in [1.165, 1.54) is 44.5 Å². The van der Waals surface area contributed by atoms with E-state index < -0.39 is 0 Å². The fourth-order valence-electron chi connectivity index (χ4n) is 8.11. The van der Waals surface area contributed by atoms with Gasteiger partial charge >= 0.3 is 0 Å². The molecular formula is C40H42O2. The summed E-state index contributed by atoms with van der Waals surface area (Å²) in [6.07, 6.45) is 5.08. The molecule has 4 aromatic rings. The summed E-state index contributed by atoms with van der Waals surface area (Å²) < 4.78 is 0. The van der Waals surface area contributed by atoms with Crippen molar-refractivity contribution in [1.82, 2.24) is 0 Å². The largest absolute Gasteiger partial charge is 0.300 e. The van der Waals surface area contributed by atoms with Gasteiger partial charge in [0, 0.05) is 29.1 Å². The molecule has 0 unspecified atom stereocenters. The SMILES string of the molecule is CCC(C)(CC)C(=O)CCC1(CC2(CCC(C)=O)c3ccccc3-c3ccccc32)c2ccccc2-c2ccccc21. The average molecular weight is 555 g/mol. The van der Waals surface area contributed by atoms with Gasteiger partial charge in [-0.15, -0.1) is 0 Å². The van der Waals surface area contributed by atoms with Gasteiger partial charge in [-0.25, -0.2) is 0 Å². The van der Waals surface area contributed by atoms with Crippen molar-refractivity contribution in [3.63, 3.8) is 0 Å². The third-order valence-corrected chi connectivity index (χ3v) is 10.9. The Hall–Kier alpha value is -3.78. The van der Waals surface area contributed by atoms with Crippen LogP contribution in [-0.2, 0) is 20.4 Å². The van der Waals surface area contributed by atoms with E-state index in [1.54, 1.807) is 6.92 Å². The lowest BCUT2D eigenvalue weighted by atomic mass is 9.59. The molecule has 0 N–H and O–H groups in total. The highest BCUT2D eigenvalue weighted by Gasteiger charge is 2.52. The van der Waals surface area contributed by atoms with Gasteiger partial charge in [0.1, 0.15) is 11.6 Å². The number of carbonyl (C=O) groups is 2. The highest BCUT2D eigenvalue weighted by molar-refractivity contribution is 5.87. The topological polar surface area (TPSA) is 34.1 Å². The fourth-order valence-corrected chi connectivity index (χ4v) is 8.11. The first-order chi connectivity index (χ1) is 20.3. The fraction of sp³-hybridized carbons (Fsp3) is 0.350. The second kappa shape index (κ2) is 10.8. The van der Waals surface area contributed by atoms with Gasteiger partial charge in [0.05, 0.1) is 0 Å². The smallest absolute Gasteiger partial charge is 0.138 e. The Bertz CT molecular complexity index is 1560. The molecule has 2 aliphatic carbocycles. The lowest BCUT2D eigenvalue weighted by molar-refractivity contribution is -0.128. The normalized spacial score (nSPS) is 15.4. The molecule has 42 heavy (non-hydrogen) atoms. The van der Waals surface area contributed by atoms with E-state index in [1.807, 2.05) is 0 Å². The van der Waals surface area contributed by atoms with Gasteiger partial charge in [0.25, 0.3) is 0 Å². The maximum Gasteiger partial charge on any atom is 0.138 e. The predicted octanol–water partition coefficient (Wildman–Crippen LogP) is 9.85. The van der Waals surface area contributed by atoms with E-state index in [-0.39, 0.29) is 22.0 Å². The first-order valence-corrected chi connectivity index (χ1v) is 15.7. The van der Waals surface area contributed by atoms with Crippen LogP contribution in [0.15, 0.2) is 97.1 Å². The van der Waals surface area contributed by atoms with E-state index in [0.717, 1.165) is 32.1 Å². The predicted molar refractivity (Wildman–Crippen MR) is 173 cm³/mol. The van der Waals surface area contributed by atoms with Crippen LogP contribution in [0, 0.1) is 5.41 Å². The lowest BCUT2D eigenvalue weighted by Gasteiger charge is -2.43. The Morgan fingerprint density at radius 1 is 0.571 bits per heavy atom. The Labute approximate surface area is 251 Å². The van der Waals surface area contributed by atoms with Crippen molar-refractivity contribution in [2.75, 3.05) is 0 Å². The van der Waals surface area contributed by atoms with Crippen LogP contribution in [0.4, 0.5) is 0 Å². The van der Waals surface area contributed by atoms with Crippen LogP contribution in [0.2, 0.25) is 0 Å². The van der Waals surface area contributed by atoms with Crippen molar-refractivity contribution in [3.05, 3.63) is 119 Å². The van der Waals surface area contributed by atoms with E-state index >= 15 is 0 Å². The molecule has 4 aromatic carbocycles. The van der Waals surface area contributed by atoms with Gasteiger partial charge in [-0.2, -0.15) is 0 Å². The standard InChI is InChI=1S/C40H42O2/c1-5-38(4,6-2)37(42)24-26-40(35-21-13-9-17-31(35)32-18-10-14-22-36(32)40)27-39(25-23-28(3)41)33-19-11-7-15-29(33)30-16-8-12-20-34(30)39/h7-22H,5-6,23-27H2,1-4H3. The molecule has 214 valence electrons. The third-order valence-electron chi connectivity index (χ3n) is 10.9. The lowest BCUT2D eigenvalue weighted by Crippen LogP contribution is -2.39. The second-order valence-electron chi connectivity index (χ2n) is 12.9. The molecule has 2 aliphatic rings. The Morgan fingerprint density at radius 3 is 1.24 bits per heavy atom. The summed E-state index contributed by atoms with van der Waals surface area (Å²) in [5.74, 6) is 0.577. The Balaban J connectivity index is 1.59. The molecule has 0 saturated heterocycles. The molecule has 0 radical (unpaired) electrons. The molecule has 0 atom stereocenters. The minimum absolute atomic E-state index is 0.217. The van der Waals surface area contributed by atoms with Gasteiger partial charge in [0.2, 0.25) is 0 Å². The summed E-state index contributed by atoms with van der Waals surface area (Å²) >= 11 is 0. The minimum atomic E-state index is -0.368. The maximum absolute atomic E-state index is 13.9. The average Bonchev–Trinajstić information content (AvgIpc) is 3.46. The van der Waals surface area contributed by atoms with Crippen molar-refractivity contribution in [2.45, 2.75) is 83.5 Å². The van der Waals surface area contributed by atoms with Crippen molar-refractivity contribution in [3.8, 4) is 22.3 Å². The zero-order chi connectivity index (χ0) is 29.5.